The third-order valence-electron chi connectivity index (χ3n) is 1.76. The molecule has 14 heavy (non-hydrogen) atoms. The molecule has 0 saturated carbocycles. The van der Waals surface area contributed by atoms with Gasteiger partial charge in [-0.1, -0.05) is 0 Å². The van der Waals surface area contributed by atoms with Crippen LogP contribution in [0.15, 0.2) is 12.4 Å². The lowest BCUT2D eigenvalue weighted by atomic mass is 10.2. The van der Waals surface area contributed by atoms with Gasteiger partial charge in [-0.2, -0.15) is 10.4 Å². The Hall–Kier alpha value is -1.83. The molecule has 0 saturated heterocycles. The van der Waals surface area contributed by atoms with Crippen molar-refractivity contribution in [3.05, 3.63) is 18.0 Å². The number of rotatable bonds is 5. The zero-order valence-corrected chi connectivity index (χ0v) is 7.79. The van der Waals surface area contributed by atoms with Crippen molar-refractivity contribution >= 4 is 5.91 Å². The summed E-state index contributed by atoms with van der Waals surface area (Å²) in [5, 5.41) is 17.3. The van der Waals surface area contributed by atoms with E-state index in [1.54, 1.807) is 6.20 Å². The quantitative estimate of drug-likeness (QED) is 0.678. The molecule has 74 valence electrons. The molecule has 0 aliphatic rings. The minimum atomic E-state index is -0.129. The molecule has 0 spiro atoms. The summed E-state index contributed by atoms with van der Waals surface area (Å²) in [4.78, 5) is 11.3. The lowest BCUT2D eigenvalue weighted by Crippen LogP contribution is -2.23. The summed E-state index contributed by atoms with van der Waals surface area (Å²) >= 11 is 0. The van der Waals surface area contributed by atoms with Gasteiger partial charge in [0.15, 0.2) is 0 Å². The van der Waals surface area contributed by atoms with Gasteiger partial charge in [-0.25, -0.2) is 0 Å². The van der Waals surface area contributed by atoms with E-state index in [9.17, 15) is 4.79 Å². The van der Waals surface area contributed by atoms with Crippen molar-refractivity contribution in [3.8, 4) is 6.07 Å². The Kier molecular flexibility index (Phi) is 4.21. The van der Waals surface area contributed by atoms with Gasteiger partial charge in [-0.3, -0.25) is 9.89 Å². The zero-order chi connectivity index (χ0) is 10.2. The van der Waals surface area contributed by atoms with E-state index in [1.807, 2.05) is 0 Å². The molecule has 0 aromatic carbocycles. The van der Waals surface area contributed by atoms with Gasteiger partial charge in [0.05, 0.1) is 17.8 Å². The van der Waals surface area contributed by atoms with Crippen LogP contribution < -0.4 is 5.32 Å². The van der Waals surface area contributed by atoms with Gasteiger partial charge in [0.1, 0.15) is 0 Å². The van der Waals surface area contributed by atoms with Gasteiger partial charge >= 0.3 is 0 Å². The van der Waals surface area contributed by atoms with E-state index in [0.717, 1.165) is 12.8 Å². The Labute approximate surface area is 82.1 Å². The average molecular weight is 192 g/mol. The third kappa shape index (κ3) is 3.27. The first kappa shape index (κ1) is 10.3. The zero-order valence-electron chi connectivity index (χ0n) is 7.79. The number of aromatic amines is 1. The fourth-order valence-corrected chi connectivity index (χ4v) is 1.01. The molecular formula is C9H12N4O. The molecule has 1 amide bonds. The number of H-pyrrole nitrogens is 1. The van der Waals surface area contributed by atoms with Crippen LogP contribution in [-0.4, -0.2) is 22.6 Å². The summed E-state index contributed by atoms with van der Waals surface area (Å²) in [5.41, 5.74) is 0.533. The van der Waals surface area contributed by atoms with Crippen LogP contribution in [0.2, 0.25) is 0 Å². The van der Waals surface area contributed by atoms with Gasteiger partial charge in [0.25, 0.3) is 5.91 Å². The van der Waals surface area contributed by atoms with E-state index in [2.05, 4.69) is 21.6 Å². The van der Waals surface area contributed by atoms with Gasteiger partial charge in [0.2, 0.25) is 0 Å². The summed E-state index contributed by atoms with van der Waals surface area (Å²) < 4.78 is 0. The fraction of sp³-hybridized carbons (Fsp3) is 0.444. The largest absolute Gasteiger partial charge is 0.352 e. The topological polar surface area (TPSA) is 81.6 Å². The number of hydrogen-bond acceptors (Lipinski definition) is 3. The number of nitrogens with one attached hydrogen (secondary N) is 2. The van der Waals surface area contributed by atoms with E-state index in [-0.39, 0.29) is 5.91 Å². The van der Waals surface area contributed by atoms with Crippen molar-refractivity contribution in [3.63, 3.8) is 0 Å². The summed E-state index contributed by atoms with van der Waals surface area (Å²) in [7, 11) is 0. The normalized spacial score (nSPS) is 9.36. The molecule has 1 aromatic rings. The smallest absolute Gasteiger partial charge is 0.254 e. The SMILES string of the molecule is N#CCCCCNC(=O)c1cn[nH]c1. The van der Waals surface area contributed by atoms with E-state index < -0.39 is 0 Å². The lowest BCUT2D eigenvalue weighted by Gasteiger charge is -2.00. The molecule has 1 heterocycles. The molecule has 1 aromatic heterocycles. The first-order valence-corrected chi connectivity index (χ1v) is 4.48. The lowest BCUT2D eigenvalue weighted by molar-refractivity contribution is 0.0953. The Bertz CT molecular complexity index is 312. The predicted molar refractivity (Wildman–Crippen MR) is 50.4 cm³/mol. The van der Waals surface area contributed by atoms with Crippen molar-refractivity contribution in [2.45, 2.75) is 19.3 Å². The number of carbonyl (C=O) groups is 1. The number of nitrogens with zero attached hydrogens (tertiary/aromatic N) is 2. The van der Waals surface area contributed by atoms with Crippen LogP contribution >= 0.6 is 0 Å². The van der Waals surface area contributed by atoms with Gasteiger partial charge in [0, 0.05) is 19.2 Å². The fourth-order valence-electron chi connectivity index (χ4n) is 1.01. The summed E-state index contributed by atoms with van der Waals surface area (Å²) in [6, 6.07) is 2.06. The molecule has 0 unspecified atom stereocenters. The highest BCUT2D eigenvalue weighted by atomic mass is 16.1. The Morgan fingerprint density at radius 2 is 2.50 bits per heavy atom. The molecule has 0 aliphatic heterocycles. The van der Waals surface area contributed by atoms with Crippen molar-refractivity contribution in [2.75, 3.05) is 6.54 Å². The molecule has 0 fully saturated rings. The minimum absolute atomic E-state index is 0.129. The standard InChI is InChI=1S/C9H12N4O/c10-4-2-1-3-5-11-9(14)8-6-12-13-7-8/h6-7H,1-3,5H2,(H,11,14)(H,12,13). The molecule has 5 heteroatoms. The van der Waals surface area contributed by atoms with E-state index in [4.69, 9.17) is 5.26 Å². The molecule has 2 N–H and O–H groups in total. The first-order valence-electron chi connectivity index (χ1n) is 4.48. The van der Waals surface area contributed by atoms with Crippen molar-refractivity contribution in [1.29, 1.82) is 5.26 Å². The summed E-state index contributed by atoms with van der Waals surface area (Å²) in [5.74, 6) is -0.129. The second kappa shape index (κ2) is 5.75. The third-order valence-corrected chi connectivity index (χ3v) is 1.76. The molecule has 1 rings (SSSR count). The predicted octanol–water partition coefficient (Wildman–Crippen LogP) is 0.833. The van der Waals surface area contributed by atoms with Crippen LogP contribution in [-0.2, 0) is 0 Å². The summed E-state index contributed by atoms with van der Waals surface area (Å²) in [6.45, 7) is 0.603. The van der Waals surface area contributed by atoms with Crippen LogP contribution in [0.4, 0.5) is 0 Å². The molecule has 0 aliphatic carbocycles. The van der Waals surface area contributed by atoms with Crippen molar-refractivity contribution in [1.82, 2.24) is 15.5 Å². The van der Waals surface area contributed by atoms with Crippen LogP contribution in [0, 0.1) is 11.3 Å². The monoisotopic (exact) mass is 192 g/mol. The molecular weight excluding hydrogens is 180 g/mol. The number of amides is 1. The number of unbranched alkanes of at least 4 members (excludes halogenated alkanes) is 2. The Balaban J connectivity index is 2.14. The van der Waals surface area contributed by atoms with Crippen LogP contribution in [0.1, 0.15) is 29.6 Å². The number of nitriles is 1. The first-order chi connectivity index (χ1) is 6.84. The number of hydrogen-bond donors (Lipinski definition) is 2. The Morgan fingerprint density at radius 3 is 3.14 bits per heavy atom. The average Bonchev–Trinajstić information content (AvgIpc) is 2.70. The van der Waals surface area contributed by atoms with Crippen LogP contribution in [0.3, 0.4) is 0 Å². The second-order valence-corrected chi connectivity index (χ2v) is 2.86. The van der Waals surface area contributed by atoms with Crippen molar-refractivity contribution < 1.29 is 4.79 Å². The van der Waals surface area contributed by atoms with Gasteiger partial charge in [-0.05, 0) is 12.8 Å². The van der Waals surface area contributed by atoms with Gasteiger partial charge in [-0.15, -0.1) is 0 Å². The Morgan fingerprint density at radius 1 is 1.64 bits per heavy atom. The van der Waals surface area contributed by atoms with E-state index in [0.29, 0.717) is 18.5 Å². The molecule has 0 atom stereocenters. The molecule has 0 radical (unpaired) electrons. The highest BCUT2D eigenvalue weighted by Crippen LogP contribution is 1.95. The maximum atomic E-state index is 11.3. The number of carbonyl (C=O) groups excluding carboxylic acids is 1. The molecule has 5 nitrogen and oxygen atoms in total. The minimum Gasteiger partial charge on any atom is -0.352 e. The highest BCUT2D eigenvalue weighted by molar-refractivity contribution is 5.93. The number of aromatic nitrogens is 2. The molecule has 0 bridgehead atoms. The van der Waals surface area contributed by atoms with Gasteiger partial charge < -0.3 is 5.32 Å². The van der Waals surface area contributed by atoms with Crippen LogP contribution in [0.5, 0.6) is 0 Å². The maximum absolute atomic E-state index is 11.3. The van der Waals surface area contributed by atoms with Crippen LogP contribution in [0.25, 0.3) is 0 Å². The summed E-state index contributed by atoms with van der Waals surface area (Å²) in [6.07, 6.45) is 5.22. The maximum Gasteiger partial charge on any atom is 0.254 e. The highest BCUT2D eigenvalue weighted by Gasteiger charge is 2.04. The van der Waals surface area contributed by atoms with Crippen molar-refractivity contribution in [2.24, 2.45) is 0 Å². The van der Waals surface area contributed by atoms with E-state index in [1.165, 1.54) is 6.20 Å². The second-order valence-electron chi connectivity index (χ2n) is 2.86. The van der Waals surface area contributed by atoms with E-state index >= 15 is 0 Å².